The van der Waals surface area contributed by atoms with Crippen LogP contribution < -0.4 is 4.90 Å². The second-order valence-electron chi connectivity index (χ2n) is 11.1. The molecule has 200 valence electrons. The fraction of sp³-hybridized carbons (Fsp3) is 0.128. The molecule has 0 N–H and O–H groups in total. The molecule has 0 radical (unpaired) electrons. The van der Waals surface area contributed by atoms with E-state index in [2.05, 4.69) is 129 Å². The molecule has 41 heavy (non-hydrogen) atoms. The summed E-state index contributed by atoms with van der Waals surface area (Å²) in [5.74, 6) is 0. The molecule has 0 aromatic heterocycles. The van der Waals surface area contributed by atoms with E-state index in [1.54, 1.807) is 0 Å². The van der Waals surface area contributed by atoms with Gasteiger partial charge >= 0.3 is 0 Å². The Morgan fingerprint density at radius 3 is 2.63 bits per heavy atom. The van der Waals surface area contributed by atoms with Crippen LogP contribution in [0.2, 0.25) is 0 Å². The van der Waals surface area contributed by atoms with Crippen LogP contribution in [0.5, 0.6) is 0 Å². The Labute approximate surface area is 248 Å². The lowest BCUT2D eigenvalue weighted by atomic mass is 9.72. The molecule has 1 heterocycles. The number of aryl methyl sites for hydroxylation is 1. The van der Waals surface area contributed by atoms with Crippen molar-refractivity contribution in [1.29, 1.82) is 0 Å². The van der Waals surface area contributed by atoms with Gasteiger partial charge in [0.25, 0.3) is 0 Å². The number of thioether (sulfide) groups is 1. The number of hydrogen-bond acceptors (Lipinski definition) is 2. The summed E-state index contributed by atoms with van der Waals surface area (Å²) in [6.45, 7) is 12.8. The predicted molar refractivity (Wildman–Crippen MR) is 177 cm³/mol. The van der Waals surface area contributed by atoms with Crippen LogP contribution in [0.15, 0.2) is 155 Å². The fourth-order valence-corrected chi connectivity index (χ4v) is 8.07. The highest BCUT2D eigenvalue weighted by molar-refractivity contribution is 8.03. The Morgan fingerprint density at radius 2 is 1.78 bits per heavy atom. The van der Waals surface area contributed by atoms with Gasteiger partial charge in [0.2, 0.25) is 0 Å². The van der Waals surface area contributed by atoms with Crippen molar-refractivity contribution in [2.24, 2.45) is 0 Å². The quantitative estimate of drug-likeness (QED) is 0.292. The number of allylic oxidation sites excluding steroid dienone is 12. The molecule has 1 atom stereocenters. The van der Waals surface area contributed by atoms with Crippen molar-refractivity contribution in [2.75, 3.05) is 4.90 Å². The maximum Gasteiger partial charge on any atom is 0.0656 e. The Hall–Kier alpha value is -4.27. The summed E-state index contributed by atoms with van der Waals surface area (Å²) < 4.78 is 0. The van der Waals surface area contributed by atoms with Gasteiger partial charge in [0, 0.05) is 15.5 Å². The van der Waals surface area contributed by atoms with Crippen LogP contribution in [-0.4, -0.2) is 0 Å². The monoisotopic (exact) mass is 547 g/mol. The molecular formula is C39H33NS. The van der Waals surface area contributed by atoms with Gasteiger partial charge in [-0.1, -0.05) is 115 Å². The first kappa shape index (κ1) is 25.7. The minimum atomic E-state index is -0.388. The minimum Gasteiger partial charge on any atom is -0.309 e. The summed E-state index contributed by atoms with van der Waals surface area (Å²) >= 11 is 1.91. The first-order valence-corrected chi connectivity index (χ1v) is 15.1. The summed E-state index contributed by atoms with van der Waals surface area (Å²) in [7, 11) is 0. The summed E-state index contributed by atoms with van der Waals surface area (Å²) in [4.78, 5) is 5.14. The van der Waals surface area contributed by atoms with Crippen LogP contribution in [0, 0.1) is 6.92 Å². The van der Waals surface area contributed by atoms with E-state index in [0.717, 1.165) is 18.5 Å². The number of para-hydroxylation sites is 1. The zero-order chi connectivity index (χ0) is 28.1. The van der Waals surface area contributed by atoms with Crippen molar-refractivity contribution in [2.45, 2.75) is 37.0 Å². The highest BCUT2D eigenvalue weighted by atomic mass is 32.2. The highest BCUT2D eigenvalue weighted by Gasteiger charge is 2.47. The molecule has 0 bridgehead atoms. The largest absolute Gasteiger partial charge is 0.309 e. The summed E-state index contributed by atoms with van der Waals surface area (Å²) in [5.41, 5.74) is 13.6. The number of hydrogen-bond donors (Lipinski definition) is 0. The molecule has 3 aromatic rings. The normalized spacial score (nSPS) is 20.8. The van der Waals surface area contributed by atoms with E-state index in [-0.39, 0.29) is 5.41 Å². The molecule has 1 unspecified atom stereocenters. The second-order valence-corrected chi connectivity index (χ2v) is 12.2. The Kier molecular flexibility index (Phi) is 6.25. The van der Waals surface area contributed by atoms with Gasteiger partial charge in [-0.15, -0.1) is 0 Å². The van der Waals surface area contributed by atoms with Crippen LogP contribution in [0.1, 0.15) is 47.6 Å². The second kappa shape index (κ2) is 9.98. The number of anilines is 1. The average Bonchev–Trinajstić information content (AvgIpc) is 3.45. The van der Waals surface area contributed by atoms with E-state index in [9.17, 15) is 0 Å². The molecule has 0 saturated carbocycles. The van der Waals surface area contributed by atoms with Crippen LogP contribution in [-0.2, 0) is 5.41 Å². The van der Waals surface area contributed by atoms with Gasteiger partial charge in [-0.3, -0.25) is 0 Å². The molecule has 7 rings (SSSR count). The van der Waals surface area contributed by atoms with E-state index in [1.807, 2.05) is 30.0 Å². The molecule has 2 heteroatoms. The third kappa shape index (κ3) is 3.85. The van der Waals surface area contributed by atoms with Crippen LogP contribution >= 0.6 is 11.8 Å². The van der Waals surface area contributed by atoms with Crippen LogP contribution in [0.25, 0.3) is 11.1 Å². The van der Waals surface area contributed by atoms with E-state index in [4.69, 9.17) is 0 Å². The molecule has 0 fully saturated rings. The van der Waals surface area contributed by atoms with Gasteiger partial charge in [-0.05, 0) is 96.0 Å². The third-order valence-electron chi connectivity index (χ3n) is 8.72. The zero-order valence-electron chi connectivity index (χ0n) is 23.7. The highest BCUT2D eigenvalue weighted by Crippen LogP contribution is 2.58. The fourth-order valence-electron chi connectivity index (χ4n) is 6.91. The van der Waals surface area contributed by atoms with Crippen molar-refractivity contribution in [3.63, 3.8) is 0 Å². The molecule has 0 amide bonds. The van der Waals surface area contributed by atoms with E-state index >= 15 is 0 Å². The molecule has 3 aromatic carbocycles. The smallest absolute Gasteiger partial charge is 0.0656 e. The number of nitrogens with zero attached hydrogens (tertiary/aromatic N) is 1. The standard InChI is InChI=1S/C39H33NS/c1-5-7-14-28-25-39(32-16-9-8-15-31(28)32)33(27(4)30-22-21-26(3)23-34(30)39)24-29(6-2)40-35-17-10-12-19-37(35)41-38-20-13-11-18-36(38)40/h5-12,14-19,21-25H,1-2,13,20H2,3-4H3. The maximum atomic E-state index is 4.37. The van der Waals surface area contributed by atoms with Crippen LogP contribution in [0.4, 0.5) is 5.69 Å². The van der Waals surface area contributed by atoms with Crippen molar-refractivity contribution in [1.82, 2.24) is 0 Å². The van der Waals surface area contributed by atoms with Crippen molar-refractivity contribution < 1.29 is 0 Å². The lowest BCUT2D eigenvalue weighted by Gasteiger charge is -2.36. The molecule has 1 spiro atoms. The average molecular weight is 548 g/mol. The summed E-state index contributed by atoms with van der Waals surface area (Å²) in [5, 5.41) is 0. The lowest BCUT2D eigenvalue weighted by Crippen LogP contribution is -2.27. The number of fused-ring (bicyclic) bond motifs is 5. The van der Waals surface area contributed by atoms with E-state index in [0.29, 0.717) is 0 Å². The third-order valence-corrected chi connectivity index (χ3v) is 9.94. The summed E-state index contributed by atoms with van der Waals surface area (Å²) in [6, 6.07) is 24.6. The molecule has 0 saturated heterocycles. The molecule has 3 aliphatic carbocycles. The topological polar surface area (TPSA) is 3.24 Å². The van der Waals surface area contributed by atoms with Gasteiger partial charge in [0.1, 0.15) is 0 Å². The van der Waals surface area contributed by atoms with Gasteiger partial charge in [0.05, 0.1) is 16.8 Å². The van der Waals surface area contributed by atoms with Crippen LogP contribution in [0.3, 0.4) is 0 Å². The summed E-state index contributed by atoms with van der Waals surface area (Å²) in [6.07, 6.45) is 19.8. The van der Waals surface area contributed by atoms with Crippen molar-refractivity contribution >= 4 is 28.6 Å². The van der Waals surface area contributed by atoms with Gasteiger partial charge < -0.3 is 4.90 Å². The SMILES string of the molecule is C=CC=CC1=CC2(C(C=C(C=C)N3C4=C(CCC=C4)Sc4ccccc43)=C(C)c3ccc(C)cc32)c2ccccc21. The molecule has 1 aliphatic heterocycles. The number of benzene rings is 3. The van der Waals surface area contributed by atoms with E-state index < -0.39 is 0 Å². The first-order valence-electron chi connectivity index (χ1n) is 14.3. The lowest BCUT2D eigenvalue weighted by molar-refractivity contribution is 0.809. The Bertz CT molecular complexity index is 1820. The van der Waals surface area contributed by atoms with Crippen molar-refractivity contribution in [3.05, 3.63) is 178 Å². The molecular weight excluding hydrogens is 515 g/mol. The van der Waals surface area contributed by atoms with Gasteiger partial charge in [-0.2, -0.15) is 0 Å². The van der Waals surface area contributed by atoms with Gasteiger partial charge in [0.15, 0.2) is 0 Å². The van der Waals surface area contributed by atoms with E-state index in [1.165, 1.54) is 65.7 Å². The Balaban J connectivity index is 1.50. The van der Waals surface area contributed by atoms with Crippen molar-refractivity contribution in [3.8, 4) is 0 Å². The zero-order valence-corrected chi connectivity index (χ0v) is 24.5. The number of rotatable bonds is 5. The minimum absolute atomic E-state index is 0.388. The Morgan fingerprint density at radius 1 is 0.951 bits per heavy atom. The predicted octanol–water partition coefficient (Wildman–Crippen LogP) is 10.5. The maximum absolute atomic E-state index is 4.37. The molecule has 4 aliphatic rings. The first-order chi connectivity index (χ1) is 20.1. The molecule has 1 nitrogen and oxygen atoms in total. The van der Waals surface area contributed by atoms with Gasteiger partial charge in [-0.25, -0.2) is 0 Å².